The minimum atomic E-state index is -4.17. The number of carbonyl (C=O) groups excluding carboxylic acids is 2. The van der Waals surface area contributed by atoms with Gasteiger partial charge < -0.3 is 20.5 Å². The molecule has 5 aromatic rings. The molecule has 1 aliphatic carbocycles. The van der Waals surface area contributed by atoms with Crippen molar-refractivity contribution in [1.29, 1.82) is 0 Å². The van der Waals surface area contributed by atoms with Gasteiger partial charge in [-0.05, 0) is 74.4 Å². The molecule has 2 amide bonds. The lowest BCUT2D eigenvalue weighted by Gasteiger charge is -2.30. The summed E-state index contributed by atoms with van der Waals surface area (Å²) < 4.78 is 63.2. The van der Waals surface area contributed by atoms with Gasteiger partial charge in [0.05, 0.1) is 17.3 Å². The van der Waals surface area contributed by atoms with Crippen LogP contribution in [0.25, 0.3) is 22.4 Å². The molecule has 0 radical (unpaired) electrons. The number of rotatable bonds is 12. The van der Waals surface area contributed by atoms with Gasteiger partial charge in [-0.2, -0.15) is 0 Å². The molecule has 3 atom stereocenters. The second-order valence-corrected chi connectivity index (χ2v) is 15.8. The first-order chi connectivity index (χ1) is 26.6. The smallest absolute Gasteiger partial charge is 0.410 e. The van der Waals surface area contributed by atoms with Crippen molar-refractivity contribution in [2.75, 3.05) is 12.4 Å². The van der Waals surface area contributed by atoms with Gasteiger partial charge in [-0.3, -0.25) is 14.7 Å². The third-order valence-electron chi connectivity index (χ3n) is 9.50. The Morgan fingerprint density at radius 2 is 1.77 bits per heavy atom. The number of amides is 2. The molecule has 6 rings (SSSR count). The van der Waals surface area contributed by atoms with E-state index >= 15 is 4.39 Å². The second kappa shape index (κ2) is 16.4. The molecule has 1 unspecified atom stereocenters. The Labute approximate surface area is 321 Å². The molecule has 1 aliphatic rings. The number of carbonyl (C=O) groups is 3. The SMILES string of the molecule is Cc1ccc(S(=O)(=O)n2cc(-c3ncc(F)c(N[C@H]4CCC[C@@H](NC(=O)c5cc(COC(=O)N(C)C(C(=O)O)C(C)C)ccn5)C4)n3)c3cc(F)cnc32)cc1. The monoisotopic (exact) mass is 790 g/mol. The van der Waals surface area contributed by atoms with Crippen molar-refractivity contribution >= 4 is 44.8 Å². The molecule has 1 saturated carbocycles. The summed E-state index contributed by atoms with van der Waals surface area (Å²) in [7, 11) is -2.83. The quantitative estimate of drug-likeness (QED) is 0.143. The van der Waals surface area contributed by atoms with Crippen LogP contribution in [0.15, 0.2) is 72.1 Å². The Morgan fingerprint density at radius 3 is 2.48 bits per heavy atom. The molecule has 4 aromatic heterocycles. The predicted molar refractivity (Wildman–Crippen MR) is 200 cm³/mol. The van der Waals surface area contributed by atoms with Crippen molar-refractivity contribution in [2.24, 2.45) is 5.92 Å². The molecular weight excluding hydrogens is 751 g/mol. The number of nitrogens with zero attached hydrogens (tertiary/aromatic N) is 6. The van der Waals surface area contributed by atoms with E-state index in [1.807, 2.05) is 6.92 Å². The van der Waals surface area contributed by atoms with Gasteiger partial charge in [0.2, 0.25) is 0 Å². The van der Waals surface area contributed by atoms with E-state index in [0.717, 1.165) is 32.9 Å². The molecule has 0 saturated heterocycles. The molecule has 0 spiro atoms. The van der Waals surface area contributed by atoms with Crippen LogP contribution in [0.4, 0.5) is 19.4 Å². The zero-order valence-electron chi connectivity index (χ0n) is 30.9. The van der Waals surface area contributed by atoms with Crippen molar-refractivity contribution in [1.82, 2.24) is 34.1 Å². The van der Waals surface area contributed by atoms with Crippen LogP contribution in [0.3, 0.4) is 0 Å². The number of ether oxygens (including phenoxy) is 1. The standard InChI is InChI=1S/C38H40F2N8O7S/c1-21(2)32(37(50)51)47(4)38(52)55-20-23-12-13-41-31(14-23)36(49)45-26-7-5-6-25(16-26)44-34-30(40)18-42-33(46-34)29-19-48(35-28(29)15-24(39)17-43-35)56(53,54)27-10-8-22(3)9-11-27/h8-15,17-19,21,25-26,32H,5-7,16,20H2,1-4H3,(H,45,49)(H,50,51)(H,42,44,46)/t25-,26+,32?/m0/s1. The minimum Gasteiger partial charge on any atom is -0.480 e. The number of fused-ring (bicyclic) bond motifs is 1. The first kappa shape index (κ1) is 39.6. The van der Waals surface area contributed by atoms with Crippen molar-refractivity contribution in [3.8, 4) is 11.4 Å². The fraction of sp³-hybridized carbons (Fsp3) is 0.342. The van der Waals surface area contributed by atoms with Gasteiger partial charge in [-0.25, -0.2) is 45.7 Å². The first-order valence-electron chi connectivity index (χ1n) is 17.8. The summed E-state index contributed by atoms with van der Waals surface area (Å²) >= 11 is 0. The number of halogens is 2. The minimum absolute atomic E-state index is 0.00853. The Morgan fingerprint density at radius 1 is 1.04 bits per heavy atom. The maximum absolute atomic E-state index is 15.2. The highest BCUT2D eigenvalue weighted by atomic mass is 32.2. The second-order valence-electron chi connectivity index (χ2n) is 14.0. The van der Waals surface area contributed by atoms with Crippen molar-refractivity contribution in [3.05, 3.63) is 95.7 Å². The van der Waals surface area contributed by atoms with E-state index < -0.39 is 45.7 Å². The Hall–Kier alpha value is -6.04. The Balaban J connectivity index is 1.14. The predicted octanol–water partition coefficient (Wildman–Crippen LogP) is 5.54. The average Bonchev–Trinajstić information content (AvgIpc) is 3.54. The lowest BCUT2D eigenvalue weighted by atomic mass is 9.91. The third-order valence-corrected chi connectivity index (χ3v) is 11.2. The number of aromatic nitrogens is 5. The van der Waals surface area contributed by atoms with Crippen LogP contribution in [0.2, 0.25) is 0 Å². The van der Waals surface area contributed by atoms with Gasteiger partial charge in [0.1, 0.15) is 24.2 Å². The summed E-state index contributed by atoms with van der Waals surface area (Å²) in [6, 6.07) is 8.66. The molecular formula is C38H40F2N8O7S. The third kappa shape index (κ3) is 8.59. The van der Waals surface area contributed by atoms with Crippen LogP contribution < -0.4 is 10.6 Å². The Bertz CT molecular complexity index is 2390. The molecule has 3 N–H and O–H groups in total. The van der Waals surface area contributed by atoms with E-state index in [2.05, 4.69) is 30.6 Å². The summed E-state index contributed by atoms with van der Waals surface area (Å²) in [6.45, 7) is 4.97. The van der Waals surface area contributed by atoms with Gasteiger partial charge in [-0.15, -0.1) is 0 Å². The highest BCUT2D eigenvalue weighted by molar-refractivity contribution is 7.90. The van der Waals surface area contributed by atoms with E-state index in [4.69, 9.17) is 4.74 Å². The average molecular weight is 791 g/mol. The summed E-state index contributed by atoms with van der Waals surface area (Å²) in [5, 5.41) is 15.6. The zero-order valence-corrected chi connectivity index (χ0v) is 31.8. The normalized spacial score (nSPS) is 16.3. The number of likely N-dealkylation sites (N-methyl/N-ethyl adjacent to an activating group) is 1. The molecule has 15 nitrogen and oxygen atoms in total. The number of pyridine rings is 2. The van der Waals surface area contributed by atoms with Crippen LogP contribution in [0.5, 0.6) is 0 Å². The number of carboxylic acid groups (broad SMARTS) is 1. The molecule has 1 aromatic carbocycles. The number of aryl methyl sites for hydroxylation is 1. The summed E-state index contributed by atoms with van der Waals surface area (Å²) in [5.74, 6) is -3.68. The maximum atomic E-state index is 15.2. The molecule has 4 heterocycles. The number of aliphatic carboxylic acids is 1. The topological polar surface area (TPSA) is 199 Å². The van der Waals surface area contributed by atoms with Gasteiger partial charge in [0.25, 0.3) is 15.9 Å². The largest absolute Gasteiger partial charge is 0.480 e. The summed E-state index contributed by atoms with van der Waals surface area (Å²) in [4.78, 5) is 55.1. The van der Waals surface area contributed by atoms with Crippen molar-refractivity contribution < 1.29 is 41.4 Å². The van der Waals surface area contributed by atoms with E-state index in [-0.39, 0.29) is 63.4 Å². The van der Waals surface area contributed by atoms with E-state index in [1.54, 1.807) is 32.0 Å². The summed E-state index contributed by atoms with van der Waals surface area (Å²) in [6.07, 6.45) is 6.01. The highest BCUT2D eigenvalue weighted by Gasteiger charge is 2.31. The van der Waals surface area contributed by atoms with Crippen LogP contribution in [-0.4, -0.2) is 85.5 Å². The Kier molecular flexibility index (Phi) is 11.6. The fourth-order valence-electron chi connectivity index (χ4n) is 6.69. The van der Waals surface area contributed by atoms with Crippen LogP contribution in [0, 0.1) is 24.5 Å². The highest BCUT2D eigenvalue weighted by Crippen LogP contribution is 2.32. The molecule has 0 bridgehead atoms. The van der Waals surface area contributed by atoms with Gasteiger partial charge >= 0.3 is 12.1 Å². The molecule has 1 fully saturated rings. The van der Waals surface area contributed by atoms with Crippen LogP contribution in [-0.2, 0) is 26.2 Å². The van der Waals surface area contributed by atoms with E-state index in [9.17, 15) is 32.3 Å². The molecule has 294 valence electrons. The number of nitrogens with one attached hydrogen (secondary N) is 2. The van der Waals surface area contributed by atoms with Crippen LogP contribution >= 0.6 is 0 Å². The zero-order chi connectivity index (χ0) is 40.3. The summed E-state index contributed by atoms with van der Waals surface area (Å²) in [5.41, 5.74) is 1.47. The number of benzene rings is 1. The first-order valence-corrected chi connectivity index (χ1v) is 19.2. The molecule has 18 heteroatoms. The van der Waals surface area contributed by atoms with Crippen molar-refractivity contribution in [3.63, 3.8) is 0 Å². The number of hydrogen-bond donors (Lipinski definition) is 3. The lowest BCUT2D eigenvalue weighted by molar-refractivity contribution is -0.143. The molecule has 56 heavy (non-hydrogen) atoms. The van der Waals surface area contributed by atoms with E-state index in [1.165, 1.54) is 37.6 Å². The van der Waals surface area contributed by atoms with Crippen LogP contribution in [0.1, 0.15) is 61.1 Å². The van der Waals surface area contributed by atoms with E-state index in [0.29, 0.717) is 31.2 Å². The van der Waals surface area contributed by atoms with Gasteiger partial charge in [-0.1, -0.05) is 31.5 Å². The lowest BCUT2D eigenvalue weighted by Crippen LogP contribution is -2.45. The van der Waals surface area contributed by atoms with Gasteiger partial charge in [0, 0.05) is 42.5 Å². The van der Waals surface area contributed by atoms with Gasteiger partial charge in [0.15, 0.2) is 23.1 Å². The molecule has 0 aliphatic heterocycles. The number of hydrogen-bond acceptors (Lipinski definition) is 11. The fourth-order valence-corrected chi connectivity index (χ4v) is 8.01. The number of anilines is 1. The van der Waals surface area contributed by atoms with Crippen molar-refractivity contribution in [2.45, 2.75) is 76.1 Å². The maximum Gasteiger partial charge on any atom is 0.410 e. The number of carboxylic acids is 1.